The molecule has 186 valence electrons. The van der Waals surface area contributed by atoms with Crippen molar-refractivity contribution in [3.05, 3.63) is 83.8 Å². The molecule has 2 aromatic carbocycles. The Bertz CT molecular complexity index is 1340. The van der Waals surface area contributed by atoms with Gasteiger partial charge >= 0.3 is 0 Å². The minimum Gasteiger partial charge on any atom is -0.496 e. The van der Waals surface area contributed by atoms with Crippen LogP contribution in [0.3, 0.4) is 0 Å². The highest BCUT2D eigenvalue weighted by atomic mass is 32.1. The third-order valence-corrected chi connectivity index (χ3v) is 8.84. The first kappa shape index (κ1) is 24.5. The highest BCUT2D eigenvalue weighted by molar-refractivity contribution is 7.20. The second-order valence-electron chi connectivity index (χ2n) is 9.57. The van der Waals surface area contributed by atoms with Crippen molar-refractivity contribution in [1.82, 2.24) is 20.2 Å². The number of nitrogens with zero attached hydrogens (tertiary/aromatic N) is 3. The van der Waals surface area contributed by atoms with Crippen molar-refractivity contribution in [3.8, 4) is 16.9 Å². The maximum absolute atomic E-state index is 5.82. The Hall–Kier alpha value is -3.22. The molecular weight excluding hydrogens is 464 g/mol. The van der Waals surface area contributed by atoms with Gasteiger partial charge in [0.15, 0.2) is 0 Å². The molecule has 4 aromatic rings. The molecule has 0 radical (unpaired) electrons. The molecule has 1 fully saturated rings. The summed E-state index contributed by atoms with van der Waals surface area (Å²) in [4.78, 5) is 12.2. The van der Waals surface area contributed by atoms with E-state index in [2.05, 4.69) is 83.2 Å². The lowest BCUT2D eigenvalue weighted by molar-refractivity contribution is 0.203. The SMILES string of the molecule is C=C(c1sc2ccccc2c1C)N(Cc1cc(-c2cncnc2)ccc1OC)[C@H]1CC[C@H](NC)CC1. The van der Waals surface area contributed by atoms with Crippen LogP contribution in [-0.4, -0.2) is 41.1 Å². The van der Waals surface area contributed by atoms with Crippen LogP contribution in [0, 0.1) is 6.92 Å². The van der Waals surface area contributed by atoms with Crippen LogP contribution < -0.4 is 10.1 Å². The molecule has 5 rings (SSSR count). The minimum absolute atomic E-state index is 0.431. The first-order valence-electron chi connectivity index (χ1n) is 12.6. The van der Waals surface area contributed by atoms with Gasteiger partial charge in [-0.25, -0.2) is 9.97 Å². The van der Waals surface area contributed by atoms with Crippen LogP contribution >= 0.6 is 11.3 Å². The summed E-state index contributed by atoms with van der Waals surface area (Å²) in [5, 5.41) is 4.79. The summed E-state index contributed by atoms with van der Waals surface area (Å²) in [6.07, 6.45) is 9.91. The van der Waals surface area contributed by atoms with E-state index in [0.717, 1.165) is 47.5 Å². The summed E-state index contributed by atoms with van der Waals surface area (Å²) in [6, 6.07) is 16.0. The monoisotopic (exact) mass is 498 g/mol. The number of thiophene rings is 1. The summed E-state index contributed by atoms with van der Waals surface area (Å²) < 4.78 is 7.13. The van der Waals surface area contributed by atoms with E-state index >= 15 is 0 Å². The van der Waals surface area contributed by atoms with E-state index in [4.69, 9.17) is 4.74 Å². The number of hydrogen-bond donors (Lipinski definition) is 1. The predicted octanol–water partition coefficient (Wildman–Crippen LogP) is 6.68. The third kappa shape index (κ3) is 4.88. The van der Waals surface area contributed by atoms with Gasteiger partial charge in [-0.15, -0.1) is 11.3 Å². The van der Waals surface area contributed by atoms with E-state index in [-0.39, 0.29) is 0 Å². The third-order valence-electron chi connectivity index (χ3n) is 7.51. The van der Waals surface area contributed by atoms with E-state index in [1.165, 1.54) is 33.4 Å². The number of hydrogen-bond acceptors (Lipinski definition) is 6. The lowest BCUT2D eigenvalue weighted by Crippen LogP contribution is -2.40. The molecule has 0 saturated heterocycles. The zero-order valence-electron chi connectivity index (χ0n) is 21.3. The van der Waals surface area contributed by atoms with Crippen LogP contribution in [-0.2, 0) is 6.54 Å². The molecule has 2 heterocycles. The highest BCUT2D eigenvalue weighted by Crippen LogP contribution is 2.40. The van der Waals surface area contributed by atoms with Gasteiger partial charge in [0.25, 0.3) is 0 Å². The average Bonchev–Trinajstić information content (AvgIpc) is 3.28. The van der Waals surface area contributed by atoms with Crippen LogP contribution in [0.1, 0.15) is 41.7 Å². The summed E-state index contributed by atoms with van der Waals surface area (Å²) in [5.74, 6) is 0.894. The first-order chi connectivity index (χ1) is 17.6. The van der Waals surface area contributed by atoms with Crippen molar-refractivity contribution < 1.29 is 4.74 Å². The fraction of sp³-hybridized carbons (Fsp3) is 0.333. The fourth-order valence-corrected chi connectivity index (χ4v) is 6.61. The molecule has 0 spiro atoms. The molecule has 36 heavy (non-hydrogen) atoms. The van der Waals surface area contributed by atoms with Crippen LogP contribution in [0.25, 0.3) is 26.9 Å². The molecule has 0 unspecified atom stereocenters. The molecule has 6 heteroatoms. The fourth-order valence-electron chi connectivity index (χ4n) is 5.41. The van der Waals surface area contributed by atoms with E-state index in [9.17, 15) is 0 Å². The maximum Gasteiger partial charge on any atom is 0.123 e. The molecule has 1 aliphatic carbocycles. The summed E-state index contributed by atoms with van der Waals surface area (Å²) >= 11 is 1.85. The molecule has 0 aliphatic heterocycles. The lowest BCUT2D eigenvalue weighted by atomic mass is 9.89. The number of benzene rings is 2. The van der Waals surface area contributed by atoms with Gasteiger partial charge in [0.05, 0.1) is 12.0 Å². The molecule has 1 aliphatic rings. The van der Waals surface area contributed by atoms with Gasteiger partial charge < -0.3 is 15.0 Å². The Morgan fingerprint density at radius 3 is 2.53 bits per heavy atom. The van der Waals surface area contributed by atoms with Gasteiger partial charge in [0.1, 0.15) is 12.1 Å². The molecular formula is C30H34N4OS. The Morgan fingerprint density at radius 1 is 1.08 bits per heavy atom. The number of nitrogens with one attached hydrogen (secondary N) is 1. The molecule has 1 saturated carbocycles. The second-order valence-corrected chi connectivity index (χ2v) is 10.6. The van der Waals surface area contributed by atoms with Gasteiger partial charge in [0.2, 0.25) is 0 Å². The van der Waals surface area contributed by atoms with Crippen LogP contribution in [0.4, 0.5) is 0 Å². The number of ether oxygens (including phenoxy) is 1. The van der Waals surface area contributed by atoms with Crippen molar-refractivity contribution in [1.29, 1.82) is 0 Å². The Balaban J connectivity index is 1.53. The van der Waals surface area contributed by atoms with Gasteiger partial charge in [0, 0.05) is 52.5 Å². The lowest BCUT2D eigenvalue weighted by Gasteiger charge is -2.39. The largest absolute Gasteiger partial charge is 0.496 e. The number of fused-ring (bicyclic) bond motifs is 1. The number of methoxy groups -OCH3 is 1. The van der Waals surface area contributed by atoms with Crippen molar-refractivity contribution >= 4 is 27.1 Å². The van der Waals surface area contributed by atoms with E-state index in [1.807, 2.05) is 23.7 Å². The molecule has 0 amide bonds. The van der Waals surface area contributed by atoms with Gasteiger partial charge in [-0.1, -0.05) is 30.8 Å². The number of aromatic nitrogens is 2. The Kier molecular flexibility index (Phi) is 7.35. The van der Waals surface area contributed by atoms with Crippen molar-refractivity contribution in [2.75, 3.05) is 14.2 Å². The molecule has 1 N–H and O–H groups in total. The van der Waals surface area contributed by atoms with Crippen molar-refractivity contribution in [2.45, 2.75) is 51.2 Å². The summed E-state index contributed by atoms with van der Waals surface area (Å²) in [6.45, 7) is 7.66. The zero-order chi connectivity index (χ0) is 25.1. The predicted molar refractivity (Wildman–Crippen MR) is 150 cm³/mol. The minimum atomic E-state index is 0.431. The summed E-state index contributed by atoms with van der Waals surface area (Å²) in [5.41, 5.74) is 5.67. The zero-order valence-corrected chi connectivity index (χ0v) is 22.1. The van der Waals surface area contributed by atoms with Gasteiger partial charge in [-0.2, -0.15) is 0 Å². The smallest absolute Gasteiger partial charge is 0.123 e. The Morgan fingerprint density at radius 2 is 1.83 bits per heavy atom. The summed E-state index contributed by atoms with van der Waals surface area (Å²) in [7, 11) is 3.82. The molecule has 5 nitrogen and oxygen atoms in total. The first-order valence-corrected chi connectivity index (χ1v) is 13.4. The van der Waals surface area contributed by atoms with Gasteiger partial charge in [-0.3, -0.25) is 0 Å². The second kappa shape index (κ2) is 10.8. The quantitative estimate of drug-likeness (QED) is 0.294. The van der Waals surface area contributed by atoms with Crippen LogP contribution in [0.5, 0.6) is 5.75 Å². The van der Waals surface area contributed by atoms with Crippen molar-refractivity contribution in [2.24, 2.45) is 0 Å². The van der Waals surface area contributed by atoms with E-state index in [0.29, 0.717) is 12.1 Å². The van der Waals surface area contributed by atoms with Crippen LogP contribution in [0.15, 0.2) is 67.8 Å². The maximum atomic E-state index is 5.82. The Labute approximate surface area is 217 Å². The van der Waals surface area contributed by atoms with Gasteiger partial charge in [-0.05, 0) is 74.4 Å². The van der Waals surface area contributed by atoms with E-state index < -0.39 is 0 Å². The van der Waals surface area contributed by atoms with Crippen LogP contribution in [0.2, 0.25) is 0 Å². The standard InChI is InChI=1S/C30H34N4OS/c1-20-27-7-5-6-8-29(27)36-30(20)21(2)34(26-12-10-25(31-3)11-13-26)18-23-15-22(9-14-28(23)35-4)24-16-32-19-33-17-24/h5-9,14-17,19,25-26,31H,2,10-13,18H2,1,3-4H3/t25-,26-. The average molecular weight is 499 g/mol. The molecule has 2 aromatic heterocycles. The molecule has 0 bridgehead atoms. The van der Waals surface area contributed by atoms with E-state index in [1.54, 1.807) is 13.4 Å². The van der Waals surface area contributed by atoms with Crippen molar-refractivity contribution in [3.63, 3.8) is 0 Å². The number of rotatable bonds is 8. The highest BCUT2D eigenvalue weighted by Gasteiger charge is 2.29. The topological polar surface area (TPSA) is 50.3 Å². The number of aryl methyl sites for hydroxylation is 1. The normalized spacial score (nSPS) is 17.8. The molecule has 0 atom stereocenters.